The lowest BCUT2D eigenvalue weighted by atomic mass is 10.1. The number of amides is 1. The zero-order valence-corrected chi connectivity index (χ0v) is 10.7. The van der Waals surface area contributed by atoms with Gasteiger partial charge in [-0.1, -0.05) is 24.6 Å². The summed E-state index contributed by atoms with van der Waals surface area (Å²) in [5, 5.41) is 0. The van der Waals surface area contributed by atoms with Crippen LogP contribution in [0, 0.1) is 0 Å². The largest absolute Gasteiger partial charge is 0.494 e. The Morgan fingerprint density at radius 1 is 1.26 bits per heavy atom. The Morgan fingerprint density at radius 2 is 2.00 bits per heavy atom. The third-order valence-corrected chi connectivity index (χ3v) is 2.67. The first-order valence-electron chi connectivity index (χ1n) is 6.28. The maximum absolute atomic E-state index is 10.9. The van der Waals surface area contributed by atoms with Crippen LogP contribution in [0.3, 0.4) is 0 Å². The number of rotatable bonds is 9. The van der Waals surface area contributed by atoms with Crippen molar-refractivity contribution in [3.05, 3.63) is 30.3 Å². The van der Waals surface area contributed by atoms with E-state index < -0.39 is 11.9 Å². The number of primary amides is 1. The molecule has 0 heterocycles. The van der Waals surface area contributed by atoms with Crippen molar-refractivity contribution in [2.45, 2.75) is 31.7 Å². The minimum atomic E-state index is -0.743. The van der Waals surface area contributed by atoms with Crippen LogP contribution in [0.2, 0.25) is 0 Å². The standard InChI is InChI=1S/C14H18N2O3/c15-14(18)13(16-11-17)9-5-2-6-10-19-12-7-3-1-4-8-12/h1,3-4,7-8,13H,2,5-6,9-10H2,(H2,15,18). The van der Waals surface area contributed by atoms with Gasteiger partial charge in [-0.05, 0) is 31.4 Å². The molecule has 2 N–H and O–H groups in total. The van der Waals surface area contributed by atoms with Crippen LogP contribution in [0.5, 0.6) is 5.75 Å². The quantitative estimate of drug-likeness (QED) is 0.418. The van der Waals surface area contributed by atoms with Crippen molar-refractivity contribution in [1.29, 1.82) is 0 Å². The van der Waals surface area contributed by atoms with Gasteiger partial charge < -0.3 is 10.5 Å². The van der Waals surface area contributed by atoms with Crippen LogP contribution in [0.25, 0.3) is 0 Å². The summed E-state index contributed by atoms with van der Waals surface area (Å²) >= 11 is 0. The molecule has 0 aliphatic rings. The molecule has 0 aliphatic heterocycles. The highest BCUT2D eigenvalue weighted by Crippen LogP contribution is 2.10. The minimum absolute atomic E-state index is 0.482. The molecule has 0 saturated heterocycles. The van der Waals surface area contributed by atoms with Crippen LogP contribution in [0.4, 0.5) is 0 Å². The number of aliphatic imine (C=N–C) groups is 1. The molecule has 1 rings (SSSR count). The average Bonchev–Trinajstić information content (AvgIpc) is 2.42. The Bertz CT molecular complexity index is 426. The maximum atomic E-state index is 10.9. The van der Waals surface area contributed by atoms with Gasteiger partial charge in [-0.2, -0.15) is 4.99 Å². The van der Waals surface area contributed by atoms with Gasteiger partial charge in [0.05, 0.1) is 6.61 Å². The molecule has 19 heavy (non-hydrogen) atoms. The van der Waals surface area contributed by atoms with Gasteiger partial charge in [0.15, 0.2) is 0 Å². The fourth-order valence-electron chi connectivity index (χ4n) is 1.66. The van der Waals surface area contributed by atoms with Crippen LogP contribution < -0.4 is 10.5 Å². The molecule has 1 atom stereocenters. The fourth-order valence-corrected chi connectivity index (χ4v) is 1.66. The highest BCUT2D eigenvalue weighted by Gasteiger charge is 2.12. The summed E-state index contributed by atoms with van der Waals surface area (Å²) in [7, 11) is 0. The average molecular weight is 262 g/mol. The number of hydrogen-bond acceptors (Lipinski definition) is 4. The van der Waals surface area contributed by atoms with Gasteiger partial charge >= 0.3 is 0 Å². The summed E-state index contributed by atoms with van der Waals surface area (Å²) < 4.78 is 5.53. The van der Waals surface area contributed by atoms with E-state index in [9.17, 15) is 9.59 Å². The number of isocyanates is 1. The van der Waals surface area contributed by atoms with E-state index in [2.05, 4.69) is 4.99 Å². The van der Waals surface area contributed by atoms with Crippen LogP contribution >= 0.6 is 0 Å². The van der Waals surface area contributed by atoms with Gasteiger partial charge in [0, 0.05) is 0 Å². The Labute approximate surface area is 112 Å². The van der Waals surface area contributed by atoms with Gasteiger partial charge in [-0.3, -0.25) is 4.79 Å². The highest BCUT2D eigenvalue weighted by molar-refractivity contribution is 5.80. The molecule has 0 spiro atoms. The van der Waals surface area contributed by atoms with E-state index in [0.717, 1.165) is 25.0 Å². The number of nitrogens with two attached hydrogens (primary N) is 1. The van der Waals surface area contributed by atoms with E-state index in [4.69, 9.17) is 10.5 Å². The minimum Gasteiger partial charge on any atom is -0.494 e. The zero-order valence-electron chi connectivity index (χ0n) is 10.7. The lowest BCUT2D eigenvalue weighted by Crippen LogP contribution is -2.26. The number of nitrogens with zero attached hydrogens (tertiary/aromatic N) is 1. The second-order valence-corrected chi connectivity index (χ2v) is 4.15. The van der Waals surface area contributed by atoms with Gasteiger partial charge in [0.2, 0.25) is 12.0 Å². The molecule has 5 nitrogen and oxygen atoms in total. The molecule has 0 aliphatic carbocycles. The summed E-state index contributed by atoms with van der Waals surface area (Å²) in [4.78, 5) is 24.4. The Balaban J connectivity index is 2.11. The third kappa shape index (κ3) is 6.38. The molecule has 1 amide bonds. The van der Waals surface area contributed by atoms with Crippen LogP contribution in [-0.2, 0) is 9.59 Å². The monoisotopic (exact) mass is 262 g/mol. The summed E-state index contributed by atoms with van der Waals surface area (Å²) in [6.07, 6.45) is 4.40. The lowest BCUT2D eigenvalue weighted by molar-refractivity contribution is -0.119. The topological polar surface area (TPSA) is 81.8 Å². The van der Waals surface area contributed by atoms with E-state index in [-0.39, 0.29) is 0 Å². The molecule has 0 aromatic heterocycles. The van der Waals surface area contributed by atoms with E-state index in [1.54, 1.807) is 0 Å². The molecule has 1 aromatic carbocycles. The SMILES string of the molecule is NC(=O)C(CCCCCOc1ccccc1)N=C=O. The van der Waals surface area contributed by atoms with Gasteiger partial charge in [-0.25, -0.2) is 4.79 Å². The van der Waals surface area contributed by atoms with Gasteiger partial charge in [0.25, 0.3) is 0 Å². The number of carbonyl (C=O) groups is 1. The zero-order chi connectivity index (χ0) is 13.9. The van der Waals surface area contributed by atoms with E-state index in [1.165, 1.54) is 6.08 Å². The highest BCUT2D eigenvalue weighted by atomic mass is 16.5. The Hall–Kier alpha value is -2.13. The molecular formula is C14H18N2O3. The predicted molar refractivity (Wildman–Crippen MR) is 71.5 cm³/mol. The second-order valence-electron chi connectivity index (χ2n) is 4.15. The van der Waals surface area contributed by atoms with Crippen molar-refractivity contribution < 1.29 is 14.3 Å². The molecule has 5 heteroatoms. The van der Waals surface area contributed by atoms with Crippen molar-refractivity contribution in [3.63, 3.8) is 0 Å². The summed E-state index contributed by atoms with van der Waals surface area (Å²) in [6.45, 7) is 0.627. The molecule has 1 unspecified atom stereocenters. The number of benzene rings is 1. The van der Waals surface area contributed by atoms with Crippen molar-refractivity contribution in [3.8, 4) is 5.75 Å². The number of para-hydroxylation sites is 1. The number of hydrogen-bond donors (Lipinski definition) is 1. The van der Waals surface area contributed by atoms with Gasteiger partial charge in [-0.15, -0.1) is 0 Å². The Morgan fingerprint density at radius 3 is 2.63 bits per heavy atom. The molecule has 102 valence electrons. The lowest BCUT2D eigenvalue weighted by Gasteiger charge is -2.07. The van der Waals surface area contributed by atoms with Crippen LogP contribution in [0.15, 0.2) is 35.3 Å². The number of unbranched alkanes of at least 4 members (excludes halogenated alkanes) is 2. The summed E-state index contributed by atoms with van der Waals surface area (Å²) in [5.74, 6) is 0.270. The summed E-state index contributed by atoms with van der Waals surface area (Å²) in [6, 6.07) is 8.84. The molecule has 0 bridgehead atoms. The van der Waals surface area contributed by atoms with E-state index in [0.29, 0.717) is 13.0 Å². The number of carbonyl (C=O) groups excluding carboxylic acids is 2. The smallest absolute Gasteiger partial charge is 0.243 e. The predicted octanol–water partition coefficient (Wildman–Crippen LogP) is 1.82. The summed E-state index contributed by atoms with van der Waals surface area (Å²) in [5.41, 5.74) is 5.10. The molecule has 0 fully saturated rings. The van der Waals surface area contributed by atoms with Crippen LogP contribution in [0.1, 0.15) is 25.7 Å². The molecule has 0 radical (unpaired) electrons. The van der Waals surface area contributed by atoms with E-state index in [1.807, 2.05) is 30.3 Å². The molecule has 1 aromatic rings. The normalized spacial score (nSPS) is 11.4. The van der Waals surface area contributed by atoms with Crippen molar-refractivity contribution in [2.24, 2.45) is 10.7 Å². The second kappa shape index (κ2) is 8.89. The third-order valence-electron chi connectivity index (χ3n) is 2.67. The van der Waals surface area contributed by atoms with Crippen LogP contribution in [-0.4, -0.2) is 24.6 Å². The Kier molecular flexibility index (Phi) is 6.98. The van der Waals surface area contributed by atoms with Crippen molar-refractivity contribution in [1.82, 2.24) is 0 Å². The first-order chi connectivity index (χ1) is 9.24. The van der Waals surface area contributed by atoms with Crippen molar-refractivity contribution >= 4 is 12.0 Å². The van der Waals surface area contributed by atoms with E-state index >= 15 is 0 Å². The molecule has 0 saturated carbocycles. The fraction of sp³-hybridized carbons (Fsp3) is 0.429. The maximum Gasteiger partial charge on any atom is 0.243 e. The number of ether oxygens (including phenoxy) is 1. The first-order valence-corrected chi connectivity index (χ1v) is 6.28. The van der Waals surface area contributed by atoms with Gasteiger partial charge in [0.1, 0.15) is 11.8 Å². The molecular weight excluding hydrogens is 244 g/mol. The van der Waals surface area contributed by atoms with Crippen molar-refractivity contribution in [2.75, 3.05) is 6.61 Å². The first kappa shape index (κ1) is 14.9.